The molecule has 8 nitrogen and oxygen atoms in total. The molecule has 3 aromatic rings. The highest BCUT2D eigenvalue weighted by molar-refractivity contribution is 6.30. The Morgan fingerprint density at radius 2 is 1.92 bits per heavy atom. The summed E-state index contributed by atoms with van der Waals surface area (Å²) in [6.07, 6.45) is 4.14. The second-order valence-corrected chi connectivity index (χ2v) is 9.86. The average Bonchev–Trinajstić information content (AvgIpc) is 3.71. The second-order valence-electron chi connectivity index (χ2n) is 9.42. The SMILES string of the molecule is CN1CCN(CCC(=O)Nc2cc(Nc3cc(-c4cc(Cl)ccc4F)nnc3C3CC3)ccn2)CC1. The van der Waals surface area contributed by atoms with Crippen LogP contribution in [-0.2, 0) is 4.79 Å². The van der Waals surface area contributed by atoms with Crippen LogP contribution in [0.5, 0.6) is 0 Å². The van der Waals surface area contributed by atoms with Crippen LogP contribution in [0, 0.1) is 5.82 Å². The van der Waals surface area contributed by atoms with E-state index < -0.39 is 5.82 Å². The molecule has 1 aliphatic carbocycles. The van der Waals surface area contributed by atoms with E-state index in [9.17, 15) is 9.18 Å². The Hall–Kier alpha value is -3.14. The third-order valence-electron chi connectivity index (χ3n) is 6.55. The second kappa shape index (κ2) is 10.9. The summed E-state index contributed by atoms with van der Waals surface area (Å²) in [5.74, 6) is 0.319. The number of carbonyl (C=O) groups excluding carboxylic acids is 1. The van der Waals surface area contributed by atoms with Crippen LogP contribution in [-0.4, -0.2) is 70.7 Å². The van der Waals surface area contributed by atoms with Crippen molar-refractivity contribution in [2.24, 2.45) is 0 Å². The summed E-state index contributed by atoms with van der Waals surface area (Å²) in [6.45, 7) is 4.73. The average molecular weight is 510 g/mol. The minimum atomic E-state index is -0.413. The highest BCUT2D eigenvalue weighted by Gasteiger charge is 2.29. The number of amides is 1. The molecule has 0 bridgehead atoms. The molecule has 10 heteroatoms. The van der Waals surface area contributed by atoms with E-state index in [1.54, 1.807) is 24.4 Å². The van der Waals surface area contributed by atoms with E-state index in [2.05, 4.69) is 42.7 Å². The van der Waals surface area contributed by atoms with Crippen LogP contribution >= 0.6 is 11.6 Å². The van der Waals surface area contributed by atoms with Crippen molar-refractivity contribution in [1.82, 2.24) is 25.0 Å². The molecule has 2 aliphatic rings. The highest BCUT2D eigenvalue weighted by Crippen LogP contribution is 2.43. The standard InChI is InChI=1S/C26H29ClFN7O/c1-34-10-12-35(13-11-34)9-7-25(36)31-24-15-19(6-8-29-24)30-23-16-22(32-33-26(23)17-2-3-17)20-14-18(27)4-5-21(20)28/h4-6,8,14-17H,2-3,7,9-13H2,1H3,(H2,29,30,31,32,36). The van der Waals surface area contributed by atoms with Crippen molar-refractivity contribution in [3.63, 3.8) is 0 Å². The summed E-state index contributed by atoms with van der Waals surface area (Å²) < 4.78 is 14.5. The Balaban J connectivity index is 1.28. The number of hydrogen-bond donors (Lipinski definition) is 2. The number of piperazine rings is 1. The number of likely N-dealkylation sites (N-methyl/N-ethyl adjacent to an activating group) is 1. The van der Waals surface area contributed by atoms with Crippen LogP contribution in [0.3, 0.4) is 0 Å². The Bertz CT molecular complexity index is 1240. The maximum absolute atomic E-state index is 14.5. The molecule has 2 N–H and O–H groups in total. The Kier molecular flexibility index (Phi) is 7.41. The first-order valence-electron chi connectivity index (χ1n) is 12.2. The summed E-state index contributed by atoms with van der Waals surface area (Å²) in [5, 5.41) is 15.4. The monoisotopic (exact) mass is 509 g/mol. The molecule has 2 fully saturated rings. The van der Waals surface area contributed by atoms with Gasteiger partial charge < -0.3 is 20.4 Å². The lowest BCUT2D eigenvalue weighted by atomic mass is 10.1. The fourth-order valence-electron chi connectivity index (χ4n) is 4.25. The van der Waals surface area contributed by atoms with Crippen LogP contribution in [0.1, 0.15) is 30.9 Å². The van der Waals surface area contributed by atoms with Gasteiger partial charge in [-0.15, -0.1) is 5.10 Å². The maximum Gasteiger partial charge on any atom is 0.226 e. The molecule has 1 amide bonds. The first kappa shape index (κ1) is 24.5. The Morgan fingerprint density at radius 3 is 2.69 bits per heavy atom. The lowest BCUT2D eigenvalue weighted by Crippen LogP contribution is -2.45. The maximum atomic E-state index is 14.5. The van der Waals surface area contributed by atoms with E-state index in [1.165, 1.54) is 12.1 Å². The lowest BCUT2D eigenvalue weighted by molar-refractivity contribution is -0.116. The van der Waals surface area contributed by atoms with E-state index in [4.69, 9.17) is 11.6 Å². The number of benzene rings is 1. The predicted octanol–water partition coefficient (Wildman–Crippen LogP) is 4.53. The molecule has 0 unspecified atom stereocenters. The van der Waals surface area contributed by atoms with E-state index in [0.717, 1.165) is 62.6 Å². The van der Waals surface area contributed by atoms with Gasteiger partial charge in [0.1, 0.15) is 11.6 Å². The number of halogens is 2. The molecular weight excluding hydrogens is 481 g/mol. The molecule has 1 saturated carbocycles. The minimum absolute atomic E-state index is 0.0680. The molecule has 188 valence electrons. The third kappa shape index (κ3) is 6.16. The van der Waals surface area contributed by atoms with Crippen molar-refractivity contribution in [3.05, 3.63) is 59.1 Å². The number of nitrogens with zero attached hydrogens (tertiary/aromatic N) is 5. The number of aromatic nitrogens is 3. The van der Waals surface area contributed by atoms with Gasteiger partial charge in [-0.05, 0) is 50.2 Å². The van der Waals surface area contributed by atoms with Crippen molar-refractivity contribution in [2.75, 3.05) is 50.4 Å². The molecule has 36 heavy (non-hydrogen) atoms. The smallest absolute Gasteiger partial charge is 0.226 e. The van der Waals surface area contributed by atoms with Crippen LogP contribution in [0.2, 0.25) is 5.02 Å². The largest absolute Gasteiger partial charge is 0.354 e. The number of carbonyl (C=O) groups is 1. The van der Waals surface area contributed by atoms with Crippen molar-refractivity contribution in [3.8, 4) is 11.3 Å². The summed E-state index contributed by atoms with van der Waals surface area (Å²) >= 11 is 6.08. The summed E-state index contributed by atoms with van der Waals surface area (Å²) in [6, 6.07) is 9.77. The normalized spacial score (nSPS) is 16.6. The molecule has 5 rings (SSSR count). The summed E-state index contributed by atoms with van der Waals surface area (Å²) in [5.41, 5.74) is 3.03. The zero-order valence-corrected chi connectivity index (χ0v) is 20.9. The third-order valence-corrected chi connectivity index (χ3v) is 6.78. The highest BCUT2D eigenvalue weighted by atomic mass is 35.5. The van der Waals surface area contributed by atoms with Crippen molar-refractivity contribution < 1.29 is 9.18 Å². The van der Waals surface area contributed by atoms with Gasteiger partial charge in [0.2, 0.25) is 5.91 Å². The van der Waals surface area contributed by atoms with E-state index >= 15 is 0 Å². The number of nitrogens with one attached hydrogen (secondary N) is 2. The minimum Gasteiger partial charge on any atom is -0.354 e. The first-order chi connectivity index (χ1) is 17.4. The van der Waals surface area contributed by atoms with Gasteiger partial charge in [0.05, 0.1) is 17.1 Å². The van der Waals surface area contributed by atoms with Gasteiger partial charge in [-0.2, -0.15) is 5.10 Å². The molecule has 1 saturated heterocycles. The molecule has 1 aliphatic heterocycles. The number of pyridine rings is 1. The van der Waals surface area contributed by atoms with Gasteiger partial charge in [-0.25, -0.2) is 9.37 Å². The molecular formula is C26H29ClFN7O. The van der Waals surface area contributed by atoms with Crippen molar-refractivity contribution >= 4 is 34.7 Å². The summed E-state index contributed by atoms with van der Waals surface area (Å²) in [4.78, 5) is 21.4. The van der Waals surface area contributed by atoms with Crippen LogP contribution in [0.25, 0.3) is 11.3 Å². The van der Waals surface area contributed by atoms with Crippen LogP contribution in [0.15, 0.2) is 42.6 Å². The fraction of sp³-hybridized carbons (Fsp3) is 0.385. The Morgan fingerprint density at radius 1 is 1.11 bits per heavy atom. The lowest BCUT2D eigenvalue weighted by Gasteiger charge is -2.32. The predicted molar refractivity (Wildman–Crippen MR) is 139 cm³/mol. The first-order valence-corrected chi connectivity index (χ1v) is 12.6. The van der Waals surface area contributed by atoms with E-state index in [-0.39, 0.29) is 5.91 Å². The topological polar surface area (TPSA) is 86.3 Å². The van der Waals surface area contributed by atoms with Crippen LogP contribution < -0.4 is 10.6 Å². The molecule has 0 radical (unpaired) electrons. The van der Waals surface area contributed by atoms with Crippen molar-refractivity contribution in [2.45, 2.75) is 25.2 Å². The quantitative estimate of drug-likeness (QED) is 0.461. The fourth-order valence-corrected chi connectivity index (χ4v) is 4.43. The molecule has 2 aromatic heterocycles. The van der Waals surface area contributed by atoms with Gasteiger partial charge >= 0.3 is 0 Å². The zero-order valence-electron chi connectivity index (χ0n) is 20.2. The number of rotatable bonds is 8. The van der Waals surface area contributed by atoms with Crippen molar-refractivity contribution in [1.29, 1.82) is 0 Å². The number of hydrogen-bond acceptors (Lipinski definition) is 7. The van der Waals surface area contributed by atoms with E-state index in [0.29, 0.717) is 34.4 Å². The summed E-state index contributed by atoms with van der Waals surface area (Å²) in [7, 11) is 2.11. The van der Waals surface area contributed by atoms with Gasteiger partial charge in [-0.3, -0.25) is 4.79 Å². The van der Waals surface area contributed by atoms with Gasteiger partial charge in [-0.1, -0.05) is 11.6 Å². The Labute approximate surface area is 214 Å². The van der Waals surface area contributed by atoms with Crippen LogP contribution in [0.4, 0.5) is 21.6 Å². The van der Waals surface area contributed by atoms with Gasteiger partial charge in [0, 0.05) is 73.6 Å². The molecule has 1 aromatic carbocycles. The van der Waals surface area contributed by atoms with Gasteiger partial charge in [0.15, 0.2) is 0 Å². The molecule has 0 atom stereocenters. The zero-order chi connectivity index (χ0) is 25.1. The number of anilines is 3. The van der Waals surface area contributed by atoms with Gasteiger partial charge in [0.25, 0.3) is 0 Å². The molecule has 0 spiro atoms. The van der Waals surface area contributed by atoms with E-state index in [1.807, 2.05) is 6.07 Å². The molecule has 3 heterocycles.